The molecule has 7 heteroatoms. The minimum atomic E-state index is -0.702. The maximum absolute atomic E-state index is 13.0. The number of nitrogens with one attached hydrogen (secondary N) is 1. The SMILES string of the molecule is CC[C@H](Oc1ccc(F)cc1)C(=O)Nc1nnc(-c2ccc(C)cc2)s1. The molecule has 5 nitrogen and oxygen atoms in total. The van der Waals surface area contributed by atoms with Gasteiger partial charge in [-0.2, -0.15) is 0 Å². The van der Waals surface area contributed by atoms with Gasteiger partial charge in [-0.1, -0.05) is 48.1 Å². The third-order valence-electron chi connectivity index (χ3n) is 3.71. The summed E-state index contributed by atoms with van der Waals surface area (Å²) in [4.78, 5) is 12.4. The van der Waals surface area contributed by atoms with Crippen LogP contribution in [0.25, 0.3) is 10.6 Å². The Kier molecular flexibility index (Phi) is 5.58. The van der Waals surface area contributed by atoms with Crippen molar-refractivity contribution in [3.8, 4) is 16.3 Å². The third kappa shape index (κ3) is 4.43. The summed E-state index contributed by atoms with van der Waals surface area (Å²) in [5.41, 5.74) is 2.11. The van der Waals surface area contributed by atoms with Crippen LogP contribution < -0.4 is 10.1 Å². The quantitative estimate of drug-likeness (QED) is 0.695. The van der Waals surface area contributed by atoms with Gasteiger partial charge in [-0.3, -0.25) is 10.1 Å². The molecule has 3 rings (SSSR count). The van der Waals surface area contributed by atoms with Crippen molar-refractivity contribution in [1.82, 2.24) is 10.2 Å². The third-order valence-corrected chi connectivity index (χ3v) is 4.60. The molecule has 0 unspecified atom stereocenters. The lowest BCUT2D eigenvalue weighted by Gasteiger charge is -2.16. The Morgan fingerprint density at radius 3 is 2.50 bits per heavy atom. The molecule has 134 valence electrons. The van der Waals surface area contributed by atoms with E-state index in [9.17, 15) is 9.18 Å². The number of aryl methyl sites for hydroxylation is 1. The molecule has 0 saturated carbocycles. The number of hydrogen-bond donors (Lipinski definition) is 1. The molecule has 3 aromatic rings. The standard InChI is InChI=1S/C19H18FN3O2S/c1-3-16(25-15-10-8-14(20)9-11-15)17(24)21-19-23-22-18(26-19)13-6-4-12(2)5-7-13/h4-11,16H,3H2,1-2H3,(H,21,23,24)/t16-/m0/s1. The molecule has 1 N–H and O–H groups in total. The van der Waals surface area contributed by atoms with Crippen LogP contribution in [0, 0.1) is 12.7 Å². The van der Waals surface area contributed by atoms with Gasteiger partial charge in [0.15, 0.2) is 6.10 Å². The van der Waals surface area contributed by atoms with Crippen molar-refractivity contribution in [2.45, 2.75) is 26.4 Å². The molecule has 0 aliphatic rings. The lowest BCUT2D eigenvalue weighted by atomic mass is 10.2. The molecule has 0 fully saturated rings. The molecule has 1 atom stereocenters. The Bertz CT molecular complexity index is 879. The number of rotatable bonds is 6. The Labute approximate surface area is 154 Å². The Morgan fingerprint density at radius 1 is 1.15 bits per heavy atom. The first-order valence-corrected chi connectivity index (χ1v) is 9.00. The fourth-order valence-electron chi connectivity index (χ4n) is 2.27. The Hall–Kier alpha value is -2.80. The van der Waals surface area contributed by atoms with Crippen molar-refractivity contribution < 1.29 is 13.9 Å². The van der Waals surface area contributed by atoms with Crippen molar-refractivity contribution in [3.63, 3.8) is 0 Å². The number of nitrogens with zero attached hydrogens (tertiary/aromatic N) is 2. The first-order chi connectivity index (χ1) is 12.5. The van der Waals surface area contributed by atoms with E-state index in [0.29, 0.717) is 17.3 Å². The van der Waals surface area contributed by atoms with Crippen LogP contribution in [0.1, 0.15) is 18.9 Å². The lowest BCUT2D eigenvalue weighted by Crippen LogP contribution is -2.32. The van der Waals surface area contributed by atoms with Crippen LogP contribution in [0.5, 0.6) is 5.75 Å². The molecule has 1 aromatic heterocycles. The molecule has 1 heterocycles. The summed E-state index contributed by atoms with van der Waals surface area (Å²) < 4.78 is 18.6. The molecule has 1 amide bonds. The lowest BCUT2D eigenvalue weighted by molar-refractivity contribution is -0.122. The number of carbonyl (C=O) groups excluding carboxylic acids is 1. The van der Waals surface area contributed by atoms with Crippen molar-refractivity contribution in [2.24, 2.45) is 0 Å². The predicted molar refractivity (Wildman–Crippen MR) is 99.8 cm³/mol. The van der Waals surface area contributed by atoms with Gasteiger partial charge in [0.1, 0.15) is 16.6 Å². The number of anilines is 1. The average molecular weight is 371 g/mol. The molecular formula is C19H18FN3O2S. The summed E-state index contributed by atoms with van der Waals surface area (Å²) in [6.07, 6.45) is -0.237. The van der Waals surface area contributed by atoms with Crippen LogP contribution in [-0.4, -0.2) is 22.2 Å². The molecule has 0 spiro atoms. The first kappa shape index (κ1) is 18.0. The molecule has 0 aliphatic carbocycles. The van der Waals surface area contributed by atoms with Gasteiger partial charge < -0.3 is 4.74 Å². The van der Waals surface area contributed by atoms with Gasteiger partial charge >= 0.3 is 0 Å². The van der Waals surface area contributed by atoms with E-state index >= 15 is 0 Å². The van der Waals surface area contributed by atoms with Crippen molar-refractivity contribution >= 4 is 22.4 Å². The van der Waals surface area contributed by atoms with E-state index in [0.717, 1.165) is 16.1 Å². The van der Waals surface area contributed by atoms with E-state index in [4.69, 9.17) is 4.74 Å². The highest BCUT2D eigenvalue weighted by Crippen LogP contribution is 2.26. The number of ether oxygens (including phenoxy) is 1. The molecule has 2 aromatic carbocycles. The van der Waals surface area contributed by atoms with Crippen LogP contribution >= 0.6 is 11.3 Å². The second-order valence-corrected chi connectivity index (χ2v) is 6.71. The van der Waals surface area contributed by atoms with E-state index in [-0.39, 0.29) is 11.7 Å². The summed E-state index contributed by atoms with van der Waals surface area (Å²) in [5, 5.41) is 12.0. The highest BCUT2D eigenvalue weighted by molar-refractivity contribution is 7.18. The number of aromatic nitrogens is 2. The van der Waals surface area contributed by atoms with Crippen molar-refractivity contribution in [1.29, 1.82) is 0 Å². The van der Waals surface area contributed by atoms with Gasteiger partial charge in [-0.25, -0.2) is 4.39 Å². The summed E-state index contributed by atoms with van der Waals surface area (Å²) >= 11 is 1.30. The number of hydrogen-bond acceptors (Lipinski definition) is 5. The minimum Gasteiger partial charge on any atom is -0.481 e. The predicted octanol–water partition coefficient (Wildman–Crippen LogP) is 4.45. The fourth-order valence-corrected chi connectivity index (χ4v) is 3.02. The van der Waals surface area contributed by atoms with Crippen LogP contribution in [0.3, 0.4) is 0 Å². The normalized spacial score (nSPS) is 11.8. The van der Waals surface area contributed by atoms with Gasteiger partial charge in [-0.15, -0.1) is 10.2 Å². The van der Waals surface area contributed by atoms with E-state index < -0.39 is 6.10 Å². The molecule has 26 heavy (non-hydrogen) atoms. The van der Waals surface area contributed by atoms with Gasteiger partial charge in [0.05, 0.1) is 0 Å². The maximum Gasteiger partial charge on any atom is 0.267 e. The van der Waals surface area contributed by atoms with Crippen LogP contribution in [0.15, 0.2) is 48.5 Å². The first-order valence-electron chi connectivity index (χ1n) is 8.19. The zero-order chi connectivity index (χ0) is 18.5. The van der Waals surface area contributed by atoms with Gasteiger partial charge in [0, 0.05) is 5.56 Å². The van der Waals surface area contributed by atoms with Crippen molar-refractivity contribution in [3.05, 3.63) is 59.9 Å². The molecule has 0 aliphatic heterocycles. The number of carbonyl (C=O) groups is 1. The van der Waals surface area contributed by atoms with Crippen LogP contribution in [0.4, 0.5) is 9.52 Å². The molecule has 0 radical (unpaired) electrons. The van der Waals surface area contributed by atoms with Crippen LogP contribution in [-0.2, 0) is 4.79 Å². The zero-order valence-corrected chi connectivity index (χ0v) is 15.2. The largest absolute Gasteiger partial charge is 0.481 e. The molecule has 0 saturated heterocycles. The molecular weight excluding hydrogens is 353 g/mol. The second kappa shape index (κ2) is 8.05. The summed E-state index contributed by atoms with van der Waals surface area (Å²) in [7, 11) is 0. The van der Waals surface area contributed by atoms with Gasteiger partial charge in [0.2, 0.25) is 5.13 Å². The Morgan fingerprint density at radius 2 is 1.85 bits per heavy atom. The Balaban J connectivity index is 1.66. The fraction of sp³-hybridized carbons (Fsp3) is 0.211. The summed E-state index contributed by atoms with van der Waals surface area (Å²) in [6, 6.07) is 13.5. The number of halogens is 1. The second-order valence-electron chi connectivity index (χ2n) is 5.74. The number of amides is 1. The van der Waals surface area contributed by atoms with Crippen molar-refractivity contribution in [2.75, 3.05) is 5.32 Å². The van der Waals surface area contributed by atoms with Gasteiger partial charge in [0.25, 0.3) is 5.91 Å². The van der Waals surface area contributed by atoms with E-state index in [1.165, 1.54) is 35.6 Å². The zero-order valence-electron chi connectivity index (χ0n) is 14.4. The van der Waals surface area contributed by atoms with E-state index in [2.05, 4.69) is 15.5 Å². The smallest absolute Gasteiger partial charge is 0.267 e. The maximum atomic E-state index is 13.0. The topological polar surface area (TPSA) is 64.1 Å². The summed E-state index contributed by atoms with van der Waals surface area (Å²) in [6.45, 7) is 3.85. The average Bonchev–Trinajstić information content (AvgIpc) is 3.10. The highest BCUT2D eigenvalue weighted by Gasteiger charge is 2.20. The summed E-state index contributed by atoms with van der Waals surface area (Å²) in [5.74, 6) is -0.234. The number of benzene rings is 2. The monoisotopic (exact) mass is 371 g/mol. The minimum absolute atomic E-state index is 0.316. The molecule has 0 bridgehead atoms. The highest BCUT2D eigenvalue weighted by atomic mass is 32.1. The van der Waals surface area contributed by atoms with E-state index in [1.54, 1.807) is 0 Å². The van der Waals surface area contributed by atoms with Crippen LogP contribution in [0.2, 0.25) is 0 Å². The van der Waals surface area contributed by atoms with Gasteiger partial charge in [-0.05, 0) is 37.6 Å². The van der Waals surface area contributed by atoms with E-state index in [1.807, 2.05) is 38.1 Å².